The van der Waals surface area contributed by atoms with E-state index in [0.29, 0.717) is 0 Å². The molecule has 1 fully saturated rings. The standard InChI is InChI=1S/C15H21N5O/c1-10-6-14(18-12(3)17-10)15-9-20(4-5-21-15)8-13-7-16-19-11(13)2/h6-7,15H,4-5,8-9H2,1-3H3,(H,16,19)/t15-/m1/s1. The Balaban J connectivity index is 1.72. The Bertz CT molecular complexity index is 604. The molecular formula is C15H21N5O. The first kappa shape index (κ1) is 14.2. The Labute approximate surface area is 124 Å². The van der Waals surface area contributed by atoms with Crippen molar-refractivity contribution in [2.45, 2.75) is 33.4 Å². The molecule has 0 saturated carbocycles. The van der Waals surface area contributed by atoms with E-state index in [-0.39, 0.29) is 6.10 Å². The molecule has 0 bridgehead atoms. The fourth-order valence-electron chi connectivity index (χ4n) is 2.71. The number of rotatable bonds is 3. The minimum Gasteiger partial charge on any atom is -0.369 e. The number of nitrogens with zero attached hydrogens (tertiary/aromatic N) is 4. The lowest BCUT2D eigenvalue weighted by Crippen LogP contribution is -2.38. The zero-order valence-corrected chi connectivity index (χ0v) is 12.8. The lowest BCUT2D eigenvalue weighted by Gasteiger charge is -2.32. The average Bonchev–Trinajstić information content (AvgIpc) is 2.84. The molecule has 1 atom stereocenters. The van der Waals surface area contributed by atoms with Crippen LogP contribution >= 0.6 is 0 Å². The van der Waals surface area contributed by atoms with Crippen LogP contribution in [0.25, 0.3) is 0 Å². The molecule has 1 aliphatic heterocycles. The van der Waals surface area contributed by atoms with Crippen molar-refractivity contribution in [1.82, 2.24) is 25.1 Å². The normalized spacial score (nSPS) is 19.9. The van der Waals surface area contributed by atoms with Gasteiger partial charge in [0, 0.05) is 36.6 Å². The highest BCUT2D eigenvalue weighted by Gasteiger charge is 2.24. The molecule has 3 rings (SSSR count). The van der Waals surface area contributed by atoms with Gasteiger partial charge >= 0.3 is 0 Å². The first-order valence-corrected chi connectivity index (χ1v) is 7.27. The van der Waals surface area contributed by atoms with Crippen molar-refractivity contribution in [1.29, 1.82) is 0 Å². The quantitative estimate of drug-likeness (QED) is 0.930. The van der Waals surface area contributed by atoms with Crippen LogP contribution in [0.3, 0.4) is 0 Å². The predicted molar refractivity (Wildman–Crippen MR) is 78.8 cm³/mol. The topological polar surface area (TPSA) is 66.9 Å². The molecule has 1 saturated heterocycles. The van der Waals surface area contributed by atoms with E-state index in [2.05, 4.69) is 32.0 Å². The highest BCUT2D eigenvalue weighted by molar-refractivity contribution is 5.16. The van der Waals surface area contributed by atoms with Gasteiger partial charge in [0.05, 0.1) is 18.5 Å². The summed E-state index contributed by atoms with van der Waals surface area (Å²) in [6.45, 7) is 9.37. The summed E-state index contributed by atoms with van der Waals surface area (Å²) in [6.07, 6.45) is 1.92. The molecule has 6 nitrogen and oxygen atoms in total. The molecule has 112 valence electrons. The third-order valence-corrected chi connectivity index (χ3v) is 3.79. The SMILES string of the molecule is Cc1cc([C@H]2CN(Cc3cn[nH]c3C)CCO2)nc(C)n1. The van der Waals surface area contributed by atoms with Gasteiger partial charge in [0.15, 0.2) is 0 Å². The predicted octanol–water partition coefficient (Wildman–Crippen LogP) is 1.70. The van der Waals surface area contributed by atoms with Crippen LogP contribution in [0, 0.1) is 20.8 Å². The Morgan fingerprint density at radius 2 is 2.19 bits per heavy atom. The molecular weight excluding hydrogens is 266 g/mol. The van der Waals surface area contributed by atoms with Crippen LogP contribution in [0.4, 0.5) is 0 Å². The molecule has 0 aromatic carbocycles. The van der Waals surface area contributed by atoms with Crippen LogP contribution in [-0.2, 0) is 11.3 Å². The van der Waals surface area contributed by atoms with Gasteiger partial charge in [0.2, 0.25) is 0 Å². The van der Waals surface area contributed by atoms with Crippen molar-refractivity contribution in [3.05, 3.63) is 40.7 Å². The third kappa shape index (κ3) is 3.28. The number of hydrogen-bond acceptors (Lipinski definition) is 5. The van der Waals surface area contributed by atoms with Crippen molar-refractivity contribution in [3.8, 4) is 0 Å². The molecule has 1 N–H and O–H groups in total. The summed E-state index contributed by atoms with van der Waals surface area (Å²) in [5.74, 6) is 0.802. The smallest absolute Gasteiger partial charge is 0.125 e. The number of aromatic amines is 1. The summed E-state index contributed by atoms with van der Waals surface area (Å²) in [7, 11) is 0. The van der Waals surface area contributed by atoms with Gasteiger partial charge in [-0.15, -0.1) is 0 Å². The maximum absolute atomic E-state index is 5.90. The summed E-state index contributed by atoms with van der Waals surface area (Å²) < 4.78 is 5.90. The Kier molecular flexibility index (Phi) is 3.98. The molecule has 1 aliphatic rings. The summed E-state index contributed by atoms with van der Waals surface area (Å²) in [5.41, 5.74) is 4.34. The molecule has 21 heavy (non-hydrogen) atoms. The van der Waals surface area contributed by atoms with E-state index >= 15 is 0 Å². The highest BCUT2D eigenvalue weighted by Crippen LogP contribution is 2.22. The van der Waals surface area contributed by atoms with Gasteiger partial charge in [-0.3, -0.25) is 10.00 Å². The molecule has 0 spiro atoms. The van der Waals surface area contributed by atoms with Crippen LogP contribution in [0.5, 0.6) is 0 Å². The molecule has 2 aromatic heterocycles. The zero-order chi connectivity index (χ0) is 14.8. The molecule has 0 unspecified atom stereocenters. The van der Waals surface area contributed by atoms with E-state index in [1.54, 1.807) is 0 Å². The highest BCUT2D eigenvalue weighted by atomic mass is 16.5. The molecule has 0 amide bonds. The summed E-state index contributed by atoms with van der Waals surface area (Å²) >= 11 is 0. The summed E-state index contributed by atoms with van der Waals surface area (Å²) in [5, 5.41) is 7.07. The van der Waals surface area contributed by atoms with Gasteiger partial charge in [-0.25, -0.2) is 9.97 Å². The van der Waals surface area contributed by atoms with Crippen LogP contribution in [0.15, 0.2) is 12.3 Å². The van der Waals surface area contributed by atoms with Crippen molar-refractivity contribution >= 4 is 0 Å². The monoisotopic (exact) mass is 287 g/mol. The van der Waals surface area contributed by atoms with Crippen molar-refractivity contribution in [3.63, 3.8) is 0 Å². The zero-order valence-electron chi connectivity index (χ0n) is 12.8. The number of morpholine rings is 1. The van der Waals surface area contributed by atoms with E-state index in [1.165, 1.54) is 5.56 Å². The van der Waals surface area contributed by atoms with E-state index in [0.717, 1.165) is 49.1 Å². The van der Waals surface area contributed by atoms with Crippen LogP contribution < -0.4 is 0 Å². The lowest BCUT2D eigenvalue weighted by atomic mass is 10.1. The first-order chi connectivity index (χ1) is 10.1. The van der Waals surface area contributed by atoms with E-state index in [1.807, 2.05) is 26.1 Å². The van der Waals surface area contributed by atoms with Crippen LogP contribution in [0.1, 0.15) is 34.6 Å². The number of nitrogens with one attached hydrogen (secondary N) is 1. The van der Waals surface area contributed by atoms with Crippen molar-refractivity contribution in [2.24, 2.45) is 0 Å². The minimum atomic E-state index is 0.0198. The Morgan fingerprint density at radius 3 is 2.90 bits per heavy atom. The molecule has 0 aliphatic carbocycles. The maximum atomic E-state index is 5.90. The van der Waals surface area contributed by atoms with Crippen molar-refractivity contribution < 1.29 is 4.74 Å². The summed E-state index contributed by atoms with van der Waals surface area (Å²) in [6, 6.07) is 2.02. The molecule has 3 heterocycles. The maximum Gasteiger partial charge on any atom is 0.125 e. The fourth-order valence-corrected chi connectivity index (χ4v) is 2.71. The minimum absolute atomic E-state index is 0.0198. The van der Waals surface area contributed by atoms with Crippen LogP contribution in [-0.4, -0.2) is 44.8 Å². The number of aromatic nitrogens is 4. The Morgan fingerprint density at radius 1 is 1.33 bits per heavy atom. The second-order valence-electron chi connectivity index (χ2n) is 5.60. The fraction of sp³-hybridized carbons (Fsp3) is 0.533. The lowest BCUT2D eigenvalue weighted by molar-refractivity contribution is -0.0352. The largest absolute Gasteiger partial charge is 0.369 e. The van der Waals surface area contributed by atoms with E-state index in [9.17, 15) is 0 Å². The number of H-pyrrole nitrogens is 1. The summed E-state index contributed by atoms with van der Waals surface area (Å²) in [4.78, 5) is 11.2. The third-order valence-electron chi connectivity index (χ3n) is 3.79. The first-order valence-electron chi connectivity index (χ1n) is 7.27. The molecule has 6 heteroatoms. The van der Waals surface area contributed by atoms with Gasteiger partial charge < -0.3 is 4.74 Å². The second kappa shape index (κ2) is 5.91. The van der Waals surface area contributed by atoms with Gasteiger partial charge in [-0.2, -0.15) is 5.10 Å². The number of ether oxygens (including phenoxy) is 1. The average molecular weight is 287 g/mol. The van der Waals surface area contributed by atoms with Crippen molar-refractivity contribution in [2.75, 3.05) is 19.7 Å². The van der Waals surface area contributed by atoms with Crippen LogP contribution in [0.2, 0.25) is 0 Å². The van der Waals surface area contributed by atoms with Gasteiger partial charge in [-0.05, 0) is 26.8 Å². The van der Waals surface area contributed by atoms with Gasteiger partial charge in [0.1, 0.15) is 11.9 Å². The number of hydrogen-bond donors (Lipinski definition) is 1. The van der Waals surface area contributed by atoms with Gasteiger partial charge in [0.25, 0.3) is 0 Å². The Hall–Kier alpha value is -1.79. The van der Waals surface area contributed by atoms with Gasteiger partial charge in [-0.1, -0.05) is 0 Å². The molecule has 0 radical (unpaired) electrons. The number of aryl methyl sites for hydroxylation is 3. The molecule has 2 aromatic rings. The second-order valence-corrected chi connectivity index (χ2v) is 5.60. The van der Waals surface area contributed by atoms with E-state index in [4.69, 9.17) is 4.74 Å². The van der Waals surface area contributed by atoms with E-state index < -0.39 is 0 Å².